The molecule has 1 heterocycles. The number of hydrogen-bond acceptors (Lipinski definition) is 3. The third kappa shape index (κ3) is 4.15. The molecular formula is C14H17ClFN3O2. The first-order chi connectivity index (χ1) is 9.97. The summed E-state index contributed by atoms with van der Waals surface area (Å²) in [4.78, 5) is 27.7. The normalized spacial score (nSPS) is 16.4. The molecule has 1 aromatic carbocycles. The summed E-state index contributed by atoms with van der Waals surface area (Å²) in [5, 5.41) is 2.49. The van der Waals surface area contributed by atoms with Crippen molar-refractivity contribution in [2.24, 2.45) is 0 Å². The summed E-state index contributed by atoms with van der Waals surface area (Å²) in [6.07, 6.45) is 0.826. The zero-order chi connectivity index (χ0) is 15.4. The van der Waals surface area contributed by atoms with Crippen LogP contribution >= 0.6 is 11.6 Å². The van der Waals surface area contributed by atoms with Gasteiger partial charge in [-0.25, -0.2) is 4.39 Å². The highest BCUT2D eigenvalue weighted by Crippen LogP contribution is 2.22. The van der Waals surface area contributed by atoms with E-state index in [4.69, 9.17) is 11.6 Å². The average molecular weight is 314 g/mol. The molecule has 1 aliphatic rings. The largest absolute Gasteiger partial charge is 0.333 e. The van der Waals surface area contributed by atoms with Gasteiger partial charge >= 0.3 is 11.8 Å². The summed E-state index contributed by atoms with van der Waals surface area (Å²) >= 11 is 5.82. The Hall–Kier alpha value is -1.66. The molecule has 0 spiro atoms. The van der Waals surface area contributed by atoms with Crippen LogP contribution in [0.1, 0.15) is 6.42 Å². The SMILES string of the molecule is CN1CCCN(C(=O)C(=O)Nc2ccc(F)cc2Cl)CC1. The number of carbonyl (C=O) groups excluding carboxylic acids is 2. The Bertz CT molecular complexity index is 553. The monoisotopic (exact) mass is 313 g/mol. The maximum Gasteiger partial charge on any atom is 0.313 e. The number of halogens is 2. The molecule has 0 aromatic heterocycles. The van der Waals surface area contributed by atoms with Crippen molar-refractivity contribution in [2.45, 2.75) is 6.42 Å². The first-order valence-electron chi connectivity index (χ1n) is 6.71. The van der Waals surface area contributed by atoms with Gasteiger partial charge in [0.1, 0.15) is 5.82 Å². The van der Waals surface area contributed by atoms with Gasteiger partial charge in [0, 0.05) is 19.6 Å². The number of nitrogens with zero attached hydrogens (tertiary/aromatic N) is 2. The highest BCUT2D eigenvalue weighted by Gasteiger charge is 2.24. The molecule has 1 fully saturated rings. The summed E-state index contributed by atoms with van der Waals surface area (Å²) in [5.74, 6) is -1.85. The maximum absolute atomic E-state index is 12.9. The lowest BCUT2D eigenvalue weighted by molar-refractivity contribution is -0.143. The van der Waals surface area contributed by atoms with Crippen LogP contribution in [-0.2, 0) is 9.59 Å². The van der Waals surface area contributed by atoms with Gasteiger partial charge in [-0.05, 0) is 38.2 Å². The second kappa shape index (κ2) is 6.87. The van der Waals surface area contributed by atoms with Crippen molar-refractivity contribution in [1.29, 1.82) is 0 Å². The van der Waals surface area contributed by atoms with E-state index in [1.54, 1.807) is 0 Å². The van der Waals surface area contributed by atoms with E-state index in [-0.39, 0.29) is 10.7 Å². The fourth-order valence-corrected chi connectivity index (χ4v) is 2.37. The highest BCUT2D eigenvalue weighted by molar-refractivity contribution is 6.41. The van der Waals surface area contributed by atoms with E-state index in [1.165, 1.54) is 17.0 Å². The topological polar surface area (TPSA) is 52.7 Å². The number of anilines is 1. The van der Waals surface area contributed by atoms with Gasteiger partial charge in [-0.3, -0.25) is 9.59 Å². The third-order valence-electron chi connectivity index (χ3n) is 3.38. The lowest BCUT2D eigenvalue weighted by Gasteiger charge is -2.20. The predicted molar refractivity (Wildman–Crippen MR) is 78.7 cm³/mol. The van der Waals surface area contributed by atoms with Crippen molar-refractivity contribution in [3.05, 3.63) is 29.0 Å². The van der Waals surface area contributed by atoms with Gasteiger partial charge in [-0.15, -0.1) is 0 Å². The summed E-state index contributed by atoms with van der Waals surface area (Å²) < 4.78 is 12.9. The van der Waals surface area contributed by atoms with Crippen LogP contribution in [0.4, 0.5) is 10.1 Å². The first-order valence-corrected chi connectivity index (χ1v) is 7.09. The Labute approximate surface area is 127 Å². The average Bonchev–Trinajstić information content (AvgIpc) is 2.66. The second-order valence-electron chi connectivity index (χ2n) is 5.03. The van der Waals surface area contributed by atoms with Crippen molar-refractivity contribution in [1.82, 2.24) is 9.80 Å². The molecule has 0 atom stereocenters. The standard InChI is InChI=1S/C14H17ClFN3O2/c1-18-5-2-6-19(8-7-18)14(21)13(20)17-12-4-3-10(16)9-11(12)15/h3-4,9H,2,5-8H2,1H3,(H,17,20). The molecule has 0 unspecified atom stereocenters. The number of amides is 2. The Balaban J connectivity index is 2.00. The number of hydrogen-bond donors (Lipinski definition) is 1. The molecule has 1 aliphatic heterocycles. The minimum atomic E-state index is -0.756. The van der Waals surface area contributed by atoms with Crippen LogP contribution < -0.4 is 5.32 Å². The molecule has 21 heavy (non-hydrogen) atoms. The second-order valence-corrected chi connectivity index (χ2v) is 5.43. The number of likely N-dealkylation sites (N-methyl/N-ethyl adjacent to an activating group) is 1. The van der Waals surface area contributed by atoms with Gasteiger partial charge in [-0.2, -0.15) is 0 Å². The first kappa shape index (κ1) is 15.7. The van der Waals surface area contributed by atoms with Crippen molar-refractivity contribution >= 4 is 29.1 Å². The Morgan fingerprint density at radius 3 is 2.71 bits per heavy atom. The van der Waals surface area contributed by atoms with Crippen molar-refractivity contribution in [2.75, 3.05) is 38.5 Å². The maximum atomic E-state index is 12.9. The molecule has 2 amide bonds. The van der Waals surface area contributed by atoms with E-state index in [1.807, 2.05) is 7.05 Å². The predicted octanol–water partition coefficient (Wildman–Crippen LogP) is 1.58. The molecule has 114 valence electrons. The zero-order valence-electron chi connectivity index (χ0n) is 11.7. The molecule has 0 bridgehead atoms. The van der Waals surface area contributed by atoms with E-state index in [0.717, 1.165) is 25.6 Å². The van der Waals surface area contributed by atoms with Gasteiger partial charge in [0.2, 0.25) is 0 Å². The fourth-order valence-electron chi connectivity index (χ4n) is 2.16. The number of carbonyl (C=O) groups is 2. The van der Waals surface area contributed by atoms with Crippen molar-refractivity contribution < 1.29 is 14.0 Å². The minimum Gasteiger partial charge on any atom is -0.333 e. The van der Waals surface area contributed by atoms with Crippen LogP contribution in [0.5, 0.6) is 0 Å². The number of rotatable bonds is 1. The van der Waals surface area contributed by atoms with Crippen LogP contribution in [0, 0.1) is 5.82 Å². The summed E-state index contributed by atoms with van der Waals surface area (Å²) in [6, 6.07) is 3.59. The van der Waals surface area contributed by atoms with Crippen LogP contribution in [-0.4, -0.2) is 54.8 Å². The lowest BCUT2D eigenvalue weighted by Crippen LogP contribution is -2.41. The molecular weight excluding hydrogens is 297 g/mol. The van der Waals surface area contributed by atoms with Crippen molar-refractivity contribution in [3.63, 3.8) is 0 Å². The zero-order valence-corrected chi connectivity index (χ0v) is 12.5. The summed E-state index contributed by atoms with van der Waals surface area (Å²) in [7, 11) is 1.98. The van der Waals surface area contributed by atoms with E-state index < -0.39 is 17.6 Å². The molecule has 0 aliphatic carbocycles. The van der Waals surface area contributed by atoms with Gasteiger partial charge in [-0.1, -0.05) is 11.6 Å². The van der Waals surface area contributed by atoms with Crippen LogP contribution in [0.15, 0.2) is 18.2 Å². The molecule has 1 N–H and O–H groups in total. The molecule has 0 saturated carbocycles. The lowest BCUT2D eigenvalue weighted by atomic mass is 10.3. The quantitative estimate of drug-likeness (QED) is 0.801. The van der Waals surface area contributed by atoms with E-state index in [0.29, 0.717) is 13.1 Å². The molecule has 7 heteroatoms. The molecule has 2 rings (SSSR count). The van der Waals surface area contributed by atoms with Crippen molar-refractivity contribution in [3.8, 4) is 0 Å². The van der Waals surface area contributed by atoms with Crippen LogP contribution in [0.3, 0.4) is 0 Å². The molecule has 1 aromatic rings. The minimum absolute atomic E-state index is 0.0618. The fraction of sp³-hybridized carbons (Fsp3) is 0.429. The Morgan fingerprint density at radius 1 is 1.24 bits per heavy atom. The Kier molecular flexibility index (Phi) is 5.14. The molecule has 5 nitrogen and oxygen atoms in total. The highest BCUT2D eigenvalue weighted by atomic mass is 35.5. The smallest absolute Gasteiger partial charge is 0.313 e. The molecule has 1 saturated heterocycles. The van der Waals surface area contributed by atoms with Crippen LogP contribution in [0.2, 0.25) is 5.02 Å². The van der Waals surface area contributed by atoms with E-state index >= 15 is 0 Å². The number of benzene rings is 1. The number of nitrogens with one attached hydrogen (secondary N) is 1. The van der Waals surface area contributed by atoms with Gasteiger partial charge < -0.3 is 15.1 Å². The van der Waals surface area contributed by atoms with E-state index in [9.17, 15) is 14.0 Å². The van der Waals surface area contributed by atoms with Gasteiger partial charge in [0.15, 0.2) is 0 Å². The Morgan fingerprint density at radius 2 is 2.00 bits per heavy atom. The summed E-state index contributed by atoms with van der Waals surface area (Å²) in [5.41, 5.74) is 0.225. The third-order valence-corrected chi connectivity index (χ3v) is 3.69. The van der Waals surface area contributed by atoms with E-state index in [2.05, 4.69) is 10.2 Å². The molecule has 0 radical (unpaired) electrons. The summed E-state index contributed by atoms with van der Waals surface area (Å²) in [6.45, 7) is 2.69. The van der Waals surface area contributed by atoms with Gasteiger partial charge in [0.25, 0.3) is 0 Å². The van der Waals surface area contributed by atoms with Crippen LogP contribution in [0.25, 0.3) is 0 Å². The van der Waals surface area contributed by atoms with Gasteiger partial charge in [0.05, 0.1) is 10.7 Å².